The van der Waals surface area contributed by atoms with Gasteiger partial charge in [0.1, 0.15) is 0 Å². The van der Waals surface area contributed by atoms with Gasteiger partial charge in [-0.1, -0.05) is 12.7 Å². The average molecular weight is 219 g/mol. The van der Waals surface area contributed by atoms with E-state index in [0.29, 0.717) is 5.57 Å². The molecule has 0 saturated heterocycles. The standard InChI is InChI=1S/C10H13N5O/c1-7(5-4-6-11)8(2)9(16)10-12-13-14-15(10)3/h4-6H,2,11H2,1,3H3/b6-4-,7-5-. The molecule has 1 aromatic rings. The van der Waals surface area contributed by atoms with Crippen LogP contribution < -0.4 is 5.73 Å². The zero-order valence-electron chi connectivity index (χ0n) is 9.21. The SMILES string of the molecule is C=C(C(=O)c1nnnn1C)/C(C)=C\C=C/N. The molecule has 1 heterocycles. The minimum absolute atomic E-state index is 0.162. The highest BCUT2D eigenvalue weighted by Gasteiger charge is 2.17. The Labute approximate surface area is 93.1 Å². The lowest BCUT2D eigenvalue weighted by Crippen LogP contribution is -2.11. The third-order valence-electron chi connectivity index (χ3n) is 2.03. The van der Waals surface area contributed by atoms with Crippen molar-refractivity contribution in [2.24, 2.45) is 12.8 Å². The molecule has 0 fully saturated rings. The summed E-state index contributed by atoms with van der Waals surface area (Å²) in [6, 6.07) is 0. The van der Waals surface area contributed by atoms with Gasteiger partial charge < -0.3 is 5.73 Å². The molecule has 0 aromatic carbocycles. The zero-order valence-corrected chi connectivity index (χ0v) is 9.21. The van der Waals surface area contributed by atoms with Crippen LogP contribution in [0.25, 0.3) is 0 Å². The fourth-order valence-corrected chi connectivity index (χ4v) is 1.04. The zero-order chi connectivity index (χ0) is 12.1. The summed E-state index contributed by atoms with van der Waals surface area (Å²) >= 11 is 0. The van der Waals surface area contributed by atoms with Gasteiger partial charge in [0.15, 0.2) is 0 Å². The van der Waals surface area contributed by atoms with Crippen molar-refractivity contribution in [1.29, 1.82) is 0 Å². The number of allylic oxidation sites excluding steroid dienone is 4. The second kappa shape index (κ2) is 5.01. The number of tetrazole rings is 1. The fraction of sp³-hybridized carbons (Fsp3) is 0.200. The number of ketones is 1. The summed E-state index contributed by atoms with van der Waals surface area (Å²) in [7, 11) is 1.60. The highest BCUT2D eigenvalue weighted by Crippen LogP contribution is 2.11. The quantitative estimate of drug-likeness (QED) is 0.449. The Hall–Kier alpha value is -2.24. The third kappa shape index (κ3) is 2.41. The first-order valence-corrected chi connectivity index (χ1v) is 4.59. The minimum Gasteiger partial charge on any atom is -0.405 e. The van der Waals surface area contributed by atoms with Gasteiger partial charge in [0.05, 0.1) is 0 Å². The van der Waals surface area contributed by atoms with Crippen molar-refractivity contribution >= 4 is 5.78 Å². The monoisotopic (exact) mass is 219 g/mol. The van der Waals surface area contributed by atoms with Crippen LogP contribution in [-0.4, -0.2) is 26.0 Å². The molecule has 0 radical (unpaired) electrons. The van der Waals surface area contributed by atoms with Crippen molar-refractivity contribution in [3.8, 4) is 0 Å². The van der Waals surface area contributed by atoms with Crippen LogP contribution in [0.15, 0.2) is 36.1 Å². The van der Waals surface area contributed by atoms with Crippen LogP contribution in [0.3, 0.4) is 0 Å². The van der Waals surface area contributed by atoms with Crippen LogP contribution in [0.5, 0.6) is 0 Å². The van der Waals surface area contributed by atoms with E-state index in [9.17, 15) is 4.79 Å². The average Bonchev–Trinajstić information content (AvgIpc) is 2.70. The Balaban J connectivity index is 2.92. The van der Waals surface area contributed by atoms with E-state index in [1.807, 2.05) is 0 Å². The van der Waals surface area contributed by atoms with Crippen LogP contribution in [0.2, 0.25) is 0 Å². The van der Waals surface area contributed by atoms with E-state index in [4.69, 9.17) is 5.73 Å². The highest BCUT2D eigenvalue weighted by atomic mass is 16.1. The number of hydrogen-bond donors (Lipinski definition) is 1. The topological polar surface area (TPSA) is 86.7 Å². The van der Waals surface area contributed by atoms with E-state index in [2.05, 4.69) is 22.1 Å². The van der Waals surface area contributed by atoms with Crippen LogP contribution in [0.4, 0.5) is 0 Å². The molecule has 84 valence electrons. The van der Waals surface area contributed by atoms with E-state index >= 15 is 0 Å². The van der Waals surface area contributed by atoms with E-state index in [1.54, 1.807) is 26.1 Å². The van der Waals surface area contributed by atoms with Crippen molar-refractivity contribution in [2.45, 2.75) is 6.92 Å². The lowest BCUT2D eigenvalue weighted by molar-refractivity contribution is 0.102. The molecule has 0 bridgehead atoms. The predicted octanol–water partition coefficient (Wildman–Crippen LogP) is 0.368. The molecule has 0 unspecified atom stereocenters. The van der Waals surface area contributed by atoms with Crippen molar-refractivity contribution < 1.29 is 4.79 Å². The maximum absolute atomic E-state index is 11.9. The van der Waals surface area contributed by atoms with Gasteiger partial charge in [-0.25, -0.2) is 4.68 Å². The molecule has 1 aromatic heterocycles. The summed E-state index contributed by atoms with van der Waals surface area (Å²) in [5, 5.41) is 10.6. The van der Waals surface area contributed by atoms with Crippen molar-refractivity contribution in [3.05, 3.63) is 41.9 Å². The first-order chi connectivity index (χ1) is 7.57. The Morgan fingerprint density at radius 3 is 2.75 bits per heavy atom. The maximum Gasteiger partial charge on any atom is 0.231 e. The van der Waals surface area contributed by atoms with Gasteiger partial charge in [-0.05, 0) is 35.2 Å². The number of hydrogen-bond acceptors (Lipinski definition) is 5. The largest absolute Gasteiger partial charge is 0.405 e. The molecule has 0 atom stereocenters. The first-order valence-electron chi connectivity index (χ1n) is 4.59. The summed E-state index contributed by atoms with van der Waals surface area (Å²) in [5.41, 5.74) is 6.26. The van der Waals surface area contributed by atoms with Crippen LogP contribution in [-0.2, 0) is 7.05 Å². The molecule has 0 amide bonds. The number of carbonyl (C=O) groups excluding carboxylic acids is 1. The van der Waals surface area contributed by atoms with Crippen LogP contribution in [0.1, 0.15) is 17.5 Å². The molecule has 0 aliphatic heterocycles. The van der Waals surface area contributed by atoms with Gasteiger partial charge in [0, 0.05) is 12.6 Å². The van der Waals surface area contributed by atoms with E-state index in [0.717, 1.165) is 5.57 Å². The Bertz CT molecular complexity index is 469. The van der Waals surface area contributed by atoms with Gasteiger partial charge in [-0.3, -0.25) is 4.79 Å². The molecular formula is C10H13N5O. The van der Waals surface area contributed by atoms with Crippen molar-refractivity contribution in [3.63, 3.8) is 0 Å². The number of Topliss-reactive ketones (excluding diaryl/α,β-unsaturated/α-hetero) is 1. The number of nitrogens with zero attached hydrogens (tertiary/aromatic N) is 4. The summed E-state index contributed by atoms with van der Waals surface area (Å²) in [4.78, 5) is 11.9. The molecular weight excluding hydrogens is 206 g/mol. The molecule has 16 heavy (non-hydrogen) atoms. The number of nitrogens with two attached hydrogens (primary N) is 1. The molecule has 0 aliphatic rings. The molecule has 2 N–H and O–H groups in total. The van der Waals surface area contributed by atoms with E-state index in [1.165, 1.54) is 10.9 Å². The lowest BCUT2D eigenvalue weighted by atomic mass is 10.0. The predicted molar refractivity (Wildman–Crippen MR) is 59.4 cm³/mol. The number of aromatic nitrogens is 4. The first kappa shape index (κ1) is 11.8. The maximum atomic E-state index is 11.9. The van der Waals surface area contributed by atoms with Crippen LogP contribution >= 0.6 is 0 Å². The van der Waals surface area contributed by atoms with E-state index in [-0.39, 0.29) is 11.6 Å². The van der Waals surface area contributed by atoms with Crippen LogP contribution in [0, 0.1) is 0 Å². The number of aryl methyl sites for hydroxylation is 1. The normalized spacial score (nSPS) is 12.0. The molecule has 6 heteroatoms. The molecule has 1 rings (SSSR count). The summed E-state index contributed by atoms with van der Waals surface area (Å²) in [6.07, 6.45) is 4.71. The Morgan fingerprint density at radius 1 is 1.56 bits per heavy atom. The van der Waals surface area contributed by atoms with Gasteiger partial charge >= 0.3 is 0 Å². The fourth-order valence-electron chi connectivity index (χ4n) is 1.04. The minimum atomic E-state index is -0.299. The third-order valence-corrected chi connectivity index (χ3v) is 2.03. The van der Waals surface area contributed by atoms with Gasteiger partial charge in [-0.2, -0.15) is 0 Å². The molecule has 0 aliphatic carbocycles. The Morgan fingerprint density at radius 2 is 2.25 bits per heavy atom. The number of rotatable bonds is 4. The second-order valence-electron chi connectivity index (χ2n) is 3.17. The Kier molecular flexibility index (Phi) is 3.71. The molecule has 0 spiro atoms. The van der Waals surface area contributed by atoms with Gasteiger partial charge in [-0.15, -0.1) is 5.10 Å². The highest BCUT2D eigenvalue weighted by molar-refractivity contribution is 6.08. The lowest BCUT2D eigenvalue weighted by Gasteiger charge is -2.02. The smallest absolute Gasteiger partial charge is 0.231 e. The van der Waals surface area contributed by atoms with Gasteiger partial charge in [0.25, 0.3) is 0 Å². The summed E-state index contributed by atoms with van der Waals surface area (Å²) in [6.45, 7) is 5.47. The summed E-state index contributed by atoms with van der Waals surface area (Å²) in [5.74, 6) is -0.138. The van der Waals surface area contributed by atoms with Crippen molar-refractivity contribution in [2.75, 3.05) is 0 Å². The number of carbonyl (C=O) groups is 1. The second-order valence-corrected chi connectivity index (χ2v) is 3.17. The molecule has 6 nitrogen and oxygen atoms in total. The summed E-state index contributed by atoms with van der Waals surface area (Å²) < 4.78 is 1.31. The van der Waals surface area contributed by atoms with E-state index < -0.39 is 0 Å². The van der Waals surface area contributed by atoms with Crippen molar-refractivity contribution in [1.82, 2.24) is 20.2 Å². The molecule has 0 saturated carbocycles. The van der Waals surface area contributed by atoms with Gasteiger partial charge in [0.2, 0.25) is 11.6 Å².